The number of aliphatic imine (C=N–C) groups is 1. The minimum atomic E-state index is -2.19. The van der Waals surface area contributed by atoms with Crippen LogP contribution in [0.2, 0.25) is 0 Å². The predicted octanol–water partition coefficient (Wildman–Crippen LogP) is 2.65. The normalized spacial score (nSPS) is 17.6. The Kier molecular flexibility index (Phi) is 4.23. The molecule has 3 rings (SSSR count). The zero-order chi connectivity index (χ0) is 15.6. The number of benzene rings is 2. The molecular formula is C18H19NO2Se. The summed E-state index contributed by atoms with van der Waals surface area (Å²) in [6.45, 7) is 4.65. The number of hydrogen-bond acceptors (Lipinski definition) is 3. The van der Waals surface area contributed by atoms with Gasteiger partial charge in [0.1, 0.15) is 0 Å². The molecule has 0 amide bonds. The number of rotatable bonds is 4. The molecule has 2 aromatic carbocycles. The third-order valence-corrected chi connectivity index (χ3v) is 6.50. The van der Waals surface area contributed by atoms with Gasteiger partial charge in [-0.05, 0) is 0 Å². The molecule has 0 saturated heterocycles. The van der Waals surface area contributed by atoms with Crippen LogP contribution < -0.4 is 4.46 Å². The first-order valence-electron chi connectivity index (χ1n) is 7.29. The van der Waals surface area contributed by atoms with Gasteiger partial charge >= 0.3 is 135 Å². The van der Waals surface area contributed by atoms with Gasteiger partial charge in [0.2, 0.25) is 0 Å². The standard InChI is InChI=1S/C18H19NO2Se/c1-18(2)13-21-17(19-18)15-10-6-7-11-16(15)22(20)12-14-8-4-3-5-9-14/h3-11H,12-13H2,1-2H3. The van der Waals surface area contributed by atoms with Crippen LogP contribution in [0.4, 0.5) is 0 Å². The van der Waals surface area contributed by atoms with Crippen LogP contribution in [0.5, 0.6) is 0 Å². The second-order valence-corrected chi connectivity index (χ2v) is 8.97. The zero-order valence-corrected chi connectivity index (χ0v) is 14.5. The second-order valence-electron chi connectivity index (χ2n) is 5.99. The van der Waals surface area contributed by atoms with E-state index >= 15 is 0 Å². The molecule has 0 radical (unpaired) electrons. The van der Waals surface area contributed by atoms with Crippen molar-refractivity contribution in [2.45, 2.75) is 24.7 Å². The Hall–Kier alpha value is -1.77. The van der Waals surface area contributed by atoms with E-state index in [1.165, 1.54) is 0 Å². The molecule has 1 unspecified atom stereocenters. The van der Waals surface area contributed by atoms with E-state index in [9.17, 15) is 3.83 Å². The molecule has 22 heavy (non-hydrogen) atoms. The zero-order valence-electron chi connectivity index (χ0n) is 12.8. The van der Waals surface area contributed by atoms with Crippen LogP contribution in [0.3, 0.4) is 0 Å². The average Bonchev–Trinajstić information content (AvgIpc) is 2.88. The van der Waals surface area contributed by atoms with Crippen LogP contribution in [-0.2, 0) is 13.9 Å². The van der Waals surface area contributed by atoms with Crippen LogP contribution in [0.25, 0.3) is 0 Å². The molecule has 0 N–H and O–H groups in total. The van der Waals surface area contributed by atoms with E-state index < -0.39 is 13.8 Å². The molecule has 4 heteroatoms. The van der Waals surface area contributed by atoms with Gasteiger partial charge in [-0.3, -0.25) is 0 Å². The molecule has 0 bridgehead atoms. The number of hydrogen-bond donors (Lipinski definition) is 0. The van der Waals surface area contributed by atoms with E-state index in [-0.39, 0.29) is 5.54 Å². The average molecular weight is 360 g/mol. The Morgan fingerprint density at radius 3 is 2.45 bits per heavy atom. The van der Waals surface area contributed by atoms with Gasteiger partial charge in [0.25, 0.3) is 0 Å². The fraction of sp³-hybridized carbons (Fsp3) is 0.278. The summed E-state index contributed by atoms with van der Waals surface area (Å²) in [4.78, 5) is 4.62. The van der Waals surface area contributed by atoms with Crippen molar-refractivity contribution >= 4 is 24.2 Å². The van der Waals surface area contributed by atoms with E-state index in [2.05, 4.69) is 4.99 Å². The van der Waals surface area contributed by atoms with E-state index in [1.807, 2.05) is 68.4 Å². The van der Waals surface area contributed by atoms with Crippen molar-refractivity contribution in [2.24, 2.45) is 4.99 Å². The van der Waals surface area contributed by atoms with Gasteiger partial charge < -0.3 is 0 Å². The van der Waals surface area contributed by atoms with Crippen molar-refractivity contribution in [3.05, 3.63) is 65.7 Å². The second kappa shape index (κ2) is 6.15. The van der Waals surface area contributed by atoms with Gasteiger partial charge in [0.05, 0.1) is 0 Å². The maximum atomic E-state index is 12.9. The third-order valence-electron chi connectivity index (χ3n) is 3.47. The Morgan fingerprint density at radius 2 is 1.77 bits per heavy atom. The van der Waals surface area contributed by atoms with Crippen LogP contribution in [0.1, 0.15) is 25.0 Å². The maximum absolute atomic E-state index is 12.9. The van der Waals surface area contributed by atoms with Gasteiger partial charge in [-0.25, -0.2) is 0 Å². The molecular weight excluding hydrogens is 341 g/mol. The first kappa shape index (κ1) is 15.1. The predicted molar refractivity (Wildman–Crippen MR) is 89.2 cm³/mol. The molecule has 114 valence electrons. The van der Waals surface area contributed by atoms with Crippen molar-refractivity contribution < 1.29 is 8.57 Å². The molecule has 1 atom stereocenters. The summed E-state index contributed by atoms with van der Waals surface area (Å²) >= 11 is -2.19. The van der Waals surface area contributed by atoms with Gasteiger partial charge in [-0.15, -0.1) is 0 Å². The fourth-order valence-corrected chi connectivity index (χ4v) is 5.06. The summed E-state index contributed by atoms with van der Waals surface area (Å²) in [5.74, 6) is 0.623. The van der Waals surface area contributed by atoms with Crippen LogP contribution >= 0.6 is 0 Å². The van der Waals surface area contributed by atoms with Gasteiger partial charge in [-0.2, -0.15) is 0 Å². The van der Waals surface area contributed by atoms with Crippen molar-refractivity contribution in [3.63, 3.8) is 0 Å². The van der Waals surface area contributed by atoms with E-state index in [0.29, 0.717) is 17.8 Å². The molecule has 2 aromatic rings. The third kappa shape index (κ3) is 3.34. The molecule has 1 aliphatic rings. The van der Waals surface area contributed by atoms with Gasteiger partial charge in [0.15, 0.2) is 0 Å². The minimum absolute atomic E-state index is 0.208. The summed E-state index contributed by atoms with van der Waals surface area (Å²) in [6.07, 6.45) is 0. The summed E-state index contributed by atoms with van der Waals surface area (Å²) in [5, 5.41) is 0.592. The Labute approximate surface area is 135 Å². The quantitative estimate of drug-likeness (QED) is 0.787. The summed E-state index contributed by atoms with van der Waals surface area (Å²) in [7, 11) is 0. The van der Waals surface area contributed by atoms with Gasteiger partial charge in [0, 0.05) is 0 Å². The molecule has 1 heterocycles. The summed E-state index contributed by atoms with van der Waals surface area (Å²) < 4.78 is 19.5. The van der Waals surface area contributed by atoms with Crippen molar-refractivity contribution in [3.8, 4) is 0 Å². The topological polar surface area (TPSA) is 38.7 Å². The van der Waals surface area contributed by atoms with E-state index in [4.69, 9.17) is 4.74 Å². The SMILES string of the molecule is CC1(C)COC(c2ccccc2[Se](=O)Cc2ccccc2)=N1. The molecule has 0 fully saturated rings. The Bertz CT molecular complexity index is 723. The first-order valence-corrected chi connectivity index (χ1v) is 10.1. The summed E-state index contributed by atoms with van der Waals surface area (Å²) in [5.41, 5.74) is 1.77. The molecule has 0 aromatic heterocycles. The van der Waals surface area contributed by atoms with E-state index in [1.54, 1.807) is 0 Å². The van der Waals surface area contributed by atoms with Crippen LogP contribution in [0, 0.1) is 0 Å². The van der Waals surface area contributed by atoms with Crippen molar-refractivity contribution in [1.29, 1.82) is 0 Å². The number of nitrogens with zero attached hydrogens (tertiary/aromatic N) is 1. The van der Waals surface area contributed by atoms with Crippen molar-refractivity contribution in [2.75, 3.05) is 6.61 Å². The Morgan fingerprint density at radius 1 is 1.09 bits per heavy atom. The molecule has 3 nitrogen and oxygen atoms in total. The summed E-state index contributed by atoms with van der Waals surface area (Å²) in [6, 6.07) is 17.7. The first-order chi connectivity index (χ1) is 10.6. The van der Waals surface area contributed by atoms with E-state index in [0.717, 1.165) is 15.6 Å². The molecule has 0 saturated carbocycles. The van der Waals surface area contributed by atoms with Crippen LogP contribution in [-0.4, -0.2) is 31.9 Å². The monoisotopic (exact) mass is 361 g/mol. The molecule has 0 aliphatic carbocycles. The fourth-order valence-electron chi connectivity index (χ4n) is 2.37. The Balaban J connectivity index is 1.90. The molecule has 0 spiro atoms. The van der Waals surface area contributed by atoms with Crippen LogP contribution in [0.15, 0.2) is 59.6 Å². The van der Waals surface area contributed by atoms with Gasteiger partial charge in [-0.1, -0.05) is 0 Å². The van der Waals surface area contributed by atoms with Crippen molar-refractivity contribution in [1.82, 2.24) is 0 Å². The molecule has 1 aliphatic heterocycles. The number of ether oxygens (including phenoxy) is 1.